The van der Waals surface area contributed by atoms with Gasteiger partial charge in [-0.1, -0.05) is 36.4 Å². The first-order chi connectivity index (χ1) is 12.5. The molecule has 4 nitrogen and oxygen atoms in total. The molecule has 6 heteroatoms. The third-order valence-electron chi connectivity index (χ3n) is 3.83. The van der Waals surface area contributed by atoms with Crippen LogP contribution in [0.3, 0.4) is 0 Å². The van der Waals surface area contributed by atoms with Crippen LogP contribution >= 0.6 is 0 Å². The molecule has 1 unspecified atom stereocenters. The van der Waals surface area contributed by atoms with Gasteiger partial charge in [0.15, 0.2) is 11.5 Å². The predicted octanol–water partition coefficient (Wildman–Crippen LogP) is 4.08. The average molecular weight is 364 g/mol. The maximum Gasteiger partial charge on any atom is 0.387 e. The lowest BCUT2D eigenvalue weighted by atomic mass is 10.1. The minimum Gasteiger partial charge on any atom is -0.490 e. The van der Waals surface area contributed by atoms with Crippen LogP contribution in [0.4, 0.5) is 8.78 Å². The number of hydrogen-bond acceptors (Lipinski definition) is 4. The molecule has 0 saturated carbocycles. The maximum absolute atomic E-state index is 12.5. The molecule has 0 amide bonds. The molecule has 0 spiro atoms. The summed E-state index contributed by atoms with van der Waals surface area (Å²) < 4.78 is 35.0. The van der Waals surface area contributed by atoms with Gasteiger partial charge in [-0.05, 0) is 44.3 Å². The number of likely N-dealkylation sites (N-methyl/N-ethyl adjacent to an activating group) is 1. The van der Waals surface area contributed by atoms with Gasteiger partial charge in [0, 0.05) is 19.1 Å². The van der Waals surface area contributed by atoms with Crippen LogP contribution in [0.2, 0.25) is 0 Å². The Morgan fingerprint density at radius 3 is 2.38 bits per heavy atom. The third-order valence-corrected chi connectivity index (χ3v) is 3.83. The highest BCUT2D eigenvalue weighted by molar-refractivity contribution is 5.43. The number of nitrogens with zero attached hydrogens (tertiary/aromatic N) is 1. The van der Waals surface area contributed by atoms with Crippen LogP contribution in [0.25, 0.3) is 0 Å². The molecule has 0 radical (unpaired) electrons. The van der Waals surface area contributed by atoms with Gasteiger partial charge < -0.3 is 19.7 Å². The maximum atomic E-state index is 12.5. The molecule has 0 aliphatic rings. The van der Waals surface area contributed by atoms with Crippen molar-refractivity contribution < 1.29 is 18.3 Å². The summed E-state index contributed by atoms with van der Waals surface area (Å²) in [5.41, 5.74) is 2.14. The molecule has 2 aromatic rings. The van der Waals surface area contributed by atoms with E-state index >= 15 is 0 Å². The van der Waals surface area contributed by atoms with E-state index in [1.165, 1.54) is 11.6 Å². The summed E-state index contributed by atoms with van der Waals surface area (Å²) in [7, 11) is 4.06. The van der Waals surface area contributed by atoms with Crippen LogP contribution in [0.15, 0.2) is 48.5 Å². The highest BCUT2D eigenvalue weighted by Gasteiger charge is 2.14. The van der Waals surface area contributed by atoms with Crippen LogP contribution < -0.4 is 14.8 Å². The van der Waals surface area contributed by atoms with E-state index in [-0.39, 0.29) is 11.8 Å². The monoisotopic (exact) mass is 364 g/mol. The van der Waals surface area contributed by atoms with Crippen molar-refractivity contribution in [3.63, 3.8) is 0 Å². The first kappa shape index (κ1) is 20.1. The van der Waals surface area contributed by atoms with Gasteiger partial charge in [0.25, 0.3) is 0 Å². The fourth-order valence-corrected chi connectivity index (χ4v) is 2.70. The van der Waals surface area contributed by atoms with E-state index in [1.54, 1.807) is 19.1 Å². The van der Waals surface area contributed by atoms with Gasteiger partial charge in [0.2, 0.25) is 0 Å². The molecule has 1 N–H and O–H groups in total. The summed E-state index contributed by atoms with van der Waals surface area (Å²) in [5.74, 6) is 0.384. The molecular weight excluding hydrogens is 338 g/mol. The van der Waals surface area contributed by atoms with E-state index in [9.17, 15) is 8.78 Å². The molecule has 0 aliphatic heterocycles. The van der Waals surface area contributed by atoms with E-state index in [0.717, 1.165) is 12.1 Å². The molecule has 0 saturated heterocycles. The number of alkyl halides is 2. The quantitative estimate of drug-likeness (QED) is 0.689. The highest BCUT2D eigenvalue weighted by atomic mass is 19.3. The molecule has 0 aromatic heterocycles. The Kier molecular flexibility index (Phi) is 7.81. The summed E-state index contributed by atoms with van der Waals surface area (Å²) in [6, 6.07) is 15.4. The number of nitrogens with one attached hydrogen (secondary N) is 1. The van der Waals surface area contributed by atoms with E-state index in [4.69, 9.17) is 4.74 Å². The van der Waals surface area contributed by atoms with Crippen molar-refractivity contribution >= 4 is 0 Å². The minimum absolute atomic E-state index is 0.0542. The van der Waals surface area contributed by atoms with E-state index in [0.29, 0.717) is 18.9 Å². The second-order valence-corrected chi connectivity index (χ2v) is 6.20. The molecule has 0 bridgehead atoms. The third kappa shape index (κ3) is 6.28. The van der Waals surface area contributed by atoms with Crippen molar-refractivity contribution in [3.05, 3.63) is 59.7 Å². The second-order valence-electron chi connectivity index (χ2n) is 6.20. The molecular formula is C20H26F2N2O2. The fraction of sp³-hybridized carbons (Fsp3) is 0.400. The van der Waals surface area contributed by atoms with Crippen molar-refractivity contribution in [2.75, 3.05) is 27.2 Å². The lowest BCUT2D eigenvalue weighted by Crippen LogP contribution is -2.30. The van der Waals surface area contributed by atoms with Crippen LogP contribution in [0.1, 0.15) is 24.1 Å². The number of rotatable bonds is 10. The van der Waals surface area contributed by atoms with Crippen molar-refractivity contribution in [1.29, 1.82) is 0 Å². The Labute approximate surface area is 153 Å². The number of benzene rings is 2. The lowest BCUT2D eigenvalue weighted by molar-refractivity contribution is -0.0514. The number of ether oxygens (including phenoxy) is 2. The zero-order chi connectivity index (χ0) is 18.9. The number of halogens is 2. The fourth-order valence-electron chi connectivity index (χ4n) is 2.70. The first-order valence-electron chi connectivity index (χ1n) is 8.63. The molecule has 142 valence electrons. The van der Waals surface area contributed by atoms with E-state index in [1.807, 2.05) is 32.3 Å². The topological polar surface area (TPSA) is 33.7 Å². The molecule has 26 heavy (non-hydrogen) atoms. The Hall–Kier alpha value is -2.18. The number of hydrogen-bond donors (Lipinski definition) is 1. The standard InChI is InChI=1S/C20H26F2N2O2/c1-4-25-19-12-15(10-11-18(19)26-20(21)22)13-23-17(14-24(2)3)16-8-6-5-7-9-16/h5-12,17,20,23H,4,13-14H2,1-3H3. The molecule has 2 aromatic carbocycles. The summed E-state index contributed by atoms with van der Waals surface area (Å²) in [5, 5.41) is 3.53. The van der Waals surface area contributed by atoms with Gasteiger partial charge in [-0.15, -0.1) is 0 Å². The molecule has 0 fully saturated rings. The molecule has 0 heterocycles. The zero-order valence-electron chi connectivity index (χ0n) is 15.4. The van der Waals surface area contributed by atoms with Gasteiger partial charge in [0.1, 0.15) is 0 Å². The zero-order valence-corrected chi connectivity index (χ0v) is 15.4. The van der Waals surface area contributed by atoms with Crippen LogP contribution in [-0.4, -0.2) is 38.8 Å². The van der Waals surface area contributed by atoms with Gasteiger partial charge in [0.05, 0.1) is 6.61 Å². The molecule has 0 aliphatic carbocycles. The van der Waals surface area contributed by atoms with E-state index in [2.05, 4.69) is 27.1 Å². The van der Waals surface area contributed by atoms with Crippen molar-refractivity contribution in [2.24, 2.45) is 0 Å². The lowest BCUT2D eigenvalue weighted by Gasteiger charge is -2.23. The van der Waals surface area contributed by atoms with Gasteiger partial charge in [-0.25, -0.2) is 0 Å². The summed E-state index contributed by atoms with van der Waals surface area (Å²) in [4.78, 5) is 2.12. The normalized spacial score (nSPS) is 12.4. The van der Waals surface area contributed by atoms with Crippen LogP contribution in [0.5, 0.6) is 11.5 Å². The largest absolute Gasteiger partial charge is 0.490 e. The Bertz CT molecular complexity index is 666. The van der Waals surface area contributed by atoms with Crippen LogP contribution in [-0.2, 0) is 6.54 Å². The second kappa shape index (κ2) is 10.1. The van der Waals surface area contributed by atoms with Crippen LogP contribution in [0, 0.1) is 0 Å². The summed E-state index contributed by atoms with van der Waals surface area (Å²) in [6.45, 7) is 0.737. The van der Waals surface area contributed by atoms with Crippen molar-refractivity contribution in [2.45, 2.75) is 26.1 Å². The molecule has 1 atom stereocenters. The first-order valence-corrected chi connectivity index (χ1v) is 8.63. The minimum atomic E-state index is -2.87. The van der Waals surface area contributed by atoms with E-state index < -0.39 is 6.61 Å². The Morgan fingerprint density at radius 2 is 1.77 bits per heavy atom. The Morgan fingerprint density at radius 1 is 1.04 bits per heavy atom. The van der Waals surface area contributed by atoms with Gasteiger partial charge in [-0.2, -0.15) is 8.78 Å². The smallest absolute Gasteiger partial charge is 0.387 e. The Balaban J connectivity index is 2.11. The van der Waals surface area contributed by atoms with Gasteiger partial charge >= 0.3 is 6.61 Å². The SMILES string of the molecule is CCOc1cc(CNC(CN(C)C)c2ccccc2)ccc1OC(F)F. The predicted molar refractivity (Wildman–Crippen MR) is 98.8 cm³/mol. The van der Waals surface area contributed by atoms with Gasteiger partial charge in [-0.3, -0.25) is 0 Å². The molecule has 2 rings (SSSR count). The van der Waals surface area contributed by atoms with Crippen molar-refractivity contribution in [3.8, 4) is 11.5 Å². The average Bonchev–Trinajstić information content (AvgIpc) is 2.61. The van der Waals surface area contributed by atoms with Crippen molar-refractivity contribution in [1.82, 2.24) is 10.2 Å². The summed E-state index contributed by atoms with van der Waals surface area (Å²) >= 11 is 0. The summed E-state index contributed by atoms with van der Waals surface area (Å²) in [6.07, 6.45) is 0. The highest BCUT2D eigenvalue weighted by Crippen LogP contribution is 2.30.